The Labute approximate surface area is 140 Å². The van der Waals surface area contributed by atoms with Crippen molar-refractivity contribution in [2.45, 2.75) is 25.3 Å². The van der Waals surface area contributed by atoms with Crippen LogP contribution in [0.4, 0.5) is 5.69 Å². The number of hydrogen-bond donors (Lipinski definition) is 0. The van der Waals surface area contributed by atoms with Crippen molar-refractivity contribution >= 4 is 29.1 Å². The van der Waals surface area contributed by atoms with Crippen molar-refractivity contribution in [3.8, 4) is 0 Å². The molecule has 3 aliphatic rings. The first kappa shape index (κ1) is 14.9. The summed E-state index contributed by atoms with van der Waals surface area (Å²) in [6.07, 6.45) is 6.96. The fourth-order valence-corrected chi connectivity index (χ4v) is 4.19. The first-order valence-electron chi connectivity index (χ1n) is 8.15. The van der Waals surface area contributed by atoms with E-state index in [4.69, 9.17) is 11.6 Å². The van der Waals surface area contributed by atoms with E-state index in [1.54, 1.807) is 24.3 Å². The van der Waals surface area contributed by atoms with Crippen LogP contribution in [0.25, 0.3) is 0 Å². The molecule has 1 aromatic rings. The highest BCUT2D eigenvalue weighted by Gasteiger charge is 2.46. The lowest BCUT2D eigenvalue weighted by atomic mass is 9.86. The van der Waals surface area contributed by atoms with Gasteiger partial charge in [0.15, 0.2) is 0 Å². The minimum absolute atomic E-state index is 0.0936. The van der Waals surface area contributed by atoms with Crippen molar-refractivity contribution in [1.29, 1.82) is 0 Å². The van der Waals surface area contributed by atoms with Gasteiger partial charge in [-0.25, -0.2) is 4.90 Å². The Morgan fingerprint density at radius 2 is 1.57 bits per heavy atom. The van der Waals surface area contributed by atoms with Crippen molar-refractivity contribution in [1.82, 2.24) is 4.90 Å². The van der Waals surface area contributed by atoms with Crippen LogP contribution in [-0.2, 0) is 9.59 Å². The molecule has 0 aromatic heterocycles. The average Bonchev–Trinajstić information content (AvgIpc) is 3.09. The third kappa shape index (κ3) is 2.60. The summed E-state index contributed by atoms with van der Waals surface area (Å²) in [5.41, 5.74) is 0.616. The zero-order valence-corrected chi connectivity index (χ0v) is 13.6. The first-order chi connectivity index (χ1) is 11.1. The van der Waals surface area contributed by atoms with Gasteiger partial charge in [0.25, 0.3) is 5.91 Å². The fourth-order valence-electron chi connectivity index (χ4n) is 4.07. The average molecular weight is 331 g/mol. The second-order valence-electron chi connectivity index (χ2n) is 6.68. The third-order valence-electron chi connectivity index (χ3n) is 5.30. The van der Waals surface area contributed by atoms with Crippen molar-refractivity contribution in [2.75, 3.05) is 18.0 Å². The minimum atomic E-state index is -0.302. The molecule has 2 heterocycles. The van der Waals surface area contributed by atoms with Gasteiger partial charge in [0, 0.05) is 18.1 Å². The van der Waals surface area contributed by atoms with Crippen molar-refractivity contribution in [3.05, 3.63) is 41.4 Å². The van der Waals surface area contributed by atoms with E-state index in [2.05, 4.69) is 17.1 Å². The Kier molecular flexibility index (Phi) is 3.74. The van der Waals surface area contributed by atoms with Crippen molar-refractivity contribution in [3.63, 3.8) is 0 Å². The predicted molar refractivity (Wildman–Crippen MR) is 89.3 cm³/mol. The Balaban J connectivity index is 1.53. The van der Waals surface area contributed by atoms with Crippen LogP contribution in [0.15, 0.2) is 36.4 Å². The zero-order valence-electron chi connectivity index (χ0n) is 12.8. The molecule has 1 unspecified atom stereocenters. The Hall–Kier alpha value is -1.65. The Bertz CT molecular complexity index is 654. The SMILES string of the molecule is O=C1CC(N2C[C@H]3CC=CC[C@H]3C2)C(=O)N1c1ccc(Cl)cc1. The molecule has 23 heavy (non-hydrogen) atoms. The number of benzene rings is 1. The summed E-state index contributed by atoms with van der Waals surface area (Å²) in [6.45, 7) is 1.85. The van der Waals surface area contributed by atoms with E-state index in [0.29, 0.717) is 22.5 Å². The van der Waals surface area contributed by atoms with Crippen LogP contribution in [0.3, 0.4) is 0 Å². The Morgan fingerprint density at radius 3 is 2.17 bits per heavy atom. The van der Waals surface area contributed by atoms with Crippen LogP contribution in [-0.4, -0.2) is 35.8 Å². The molecule has 0 spiro atoms. The van der Waals surface area contributed by atoms with E-state index in [9.17, 15) is 9.59 Å². The van der Waals surface area contributed by atoms with Gasteiger partial charge in [0.05, 0.1) is 18.2 Å². The summed E-state index contributed by atoms with van der Waals surface area (Å²) in [4.78, 5) is 28.7. The number of carbonyl (C=O) groups is 2. The van der Waals surface area contributed by atoms with Crippen LogP contribution in [0.5, 0.6) is 0 Å². The van der Waals surface area contributed by atoms with Gasteiger partial charge in [-0.2, -0.15) is 0 Å². The maximum absolute atomic E-state index is 12.8. The summed E-state index contributed by atoms with van der Waals surface area (Å²) in [5, 5.41) is 0.598. The molecule has 2 amide bonds. The quantitative estimate of drug-likeness (QED) is 0.618. The van der Waals surface area contributed by atoms with Gasteiger partial charge in [-0.05, 0) is 48.9 Å². The highest BCUT2D eigenvalue weighted by molar-refractivity contribution is 6.30. The number of fused-ring (bicyclic) bond motifs is 1. The van der Waals surface area contributed by atoms with E-state index in [-0.39, 0.29) is 24.3 Å². The summed E-state index contributed by atoms with van der Waals surface area (Å²) in [6, 6.07) is 6.58. The van der Waals surface area contributed by atoms with Crippen LogP contribution >= 0.6 is 11.6 Å². The Morgan fingerprint density at radius 1 is 0.957 bits per heavy atom. The van der Waals surface area contributed by atoms with Crippen LogP contribution in [0.1, 0.15) is 19.3 Å². The molecule has 120 valence electrons. The fraction of sp³-hybridized carbons (Fsp3) is 0.444. The molecule has 0 bridgehead atoms. The molecule has 4 rings (SSSR count). The maximum Gasteiger partial charge on any atom is 0.251 e. The second kappa shape index (κ2) is 5.77. The predicted octanol–water partition coefficient (Wildman–Crippen LogP) is 2.87. The third-order valence-corrected chi connectivity index (χ3v) is 5.55. The molecule has 1 aliphatic carbocycles. The number of carbonyl (C=O) groups excluding carboxylic acids is 2. The topological polar surface area (TPSA) is 40.6 Å². The van der Waals surface area contributed by atoms with E-state index >= 15 is 0 Å². The number of imide groups is 1. The van der Waals surface area contributed by atoms with Gasteiger partial charge in [0.1, 0.15) is 0 Å². The van der Waals surface area contributed by atoms with Crippen LogP contribution in [0, 0.1) is 11.8 Å². The van der Waals surface area contributed by atoms with Gasteiger partial charge >= 0.3 is 0 Å². The van der Waals surface area contributed by atoms with E-state index < -0.39 is 0 Å². The molecule has 0 radical (unpaired) electrons. The molecule has 2 saturated heterocycles. The lowest BCUT2D eigenvalue weighted by Crippen LogP contribution is -2.41. The zero-order chi connectivity index (χ0) is 16.0. The first-order valence-corrected chi connectivity index (χ1v) is 8.52. The number of anilines is 1. The van der Waals surface area contributed by atoms with Crippen LogP contribution < -0.4 is 4.90 Å². The van der Waals surface area contributed by atoms with Crippen molar-refractivity contribution in [2.24, 2.45) is 11.8 Å². The van der Waals surface area contributed by atoms with Crippen molar-refractivity contribution < 1.29 is 9.59 Å². The molecule has 3 atom stereocenters. The van der Waals surface area contributed by atoms with Gasteiger partial charge in [-0.1, -0.05) is 23.8 Å². The lowest BCUT2D eigenvalue weighted by Gasteiger charge is -2.22. The summed E-state index contributed by atoms with van der Waals surface area (Å²) in [7, 11) is 0. The number of likely N-dealkylation sites (tertiary alicyclic amines) is 1. The summed E-state index contributed by atoms with van der Waals surface area (Å²) < 4.78 is 0. The number of rotatable bonds is 2. The lowest BCUT2D eigenvalue weighted by molar-refractivity contribution is -0.122. The number of allylic oxidation sites excluding steroid dienone is 2. The van der Waals surface area contributed by atoms with Gasteiger partial charge < -0.3 is 0 Å². The van der Waals surface area contributed by atoms with E-state index in [1.807, 2.05) is 0 Å². The highest BCUT2D eigenvalue weighted by atomic mass is 35.5. The molecular weight excluding hydrogens is 312 g/mol. The maximum atomic E-state index is 12.8. The molecule has 5 heteroatoms. The van der Waals surface area contributed by atoms with Gasteiger partial charge in [-0.15, -0.1) is 0 Å². The standard InChI is InChI=1S/C18H19ClN2O2/c19-14-5-7-15(8-6-14)21-17(22)9-16(18(21)23)20-10-12-3-1-2-4-13(12)11-20/h1-2,5-8,12-13,16H,3-4,9-11H2/t12-,13+,16?. The molecule has 0 saturated carbocycles. The van der Waals surface area contributed by atoms with E-state index in [1.165, 1.54) is 4.90 Å². The number of amides is 2. The van der Waals surface area contributed by atoms with Gasteiger partial charge in [-0.3, -0.25) is 14.5 Å². The summed E-state index contributed by atoms with van der Waals surface area (Å²) >= 11 is 5.89. The molecule has 2 fully saturated rings. The highest BCUT2D eigenvalue weighted by Crippen LogP contribution is 2.36. The van der Waals surface area contributed by atoms with Gasteiger partial charge in [0.2, 0.25) is 5.91 Å². The molecule has 1 aromatic carbocycles. The van der Waals surface area contributed by atoms with Crippen LogP contribution in [0.2, 0.25) is 5.02 Å². The number of halogens is 1. The summed E-state index contributed by atoms with van der Waals surface area (Å²) in [5.74, 6) is 1.05. The number of hydrogen-bond acceptors (Lipinski definition) is 3. The van der Waals surface area contributed by atoms with E-state index in [0.717, 1.165) is 25.9 Å². The normalized spacial score (nSPS) is 31.0. The second-order valence-corrected chi connectivity index (χ2v) is 7.12. The number of nitrogens with zero attached hydrogens (tertiary/aromatic N) is 2. The molecule has 2 aliphatic heterocycles. The molecular formula is C18H19ClN2O2. The minimum Gasteiger partial charge on any atom is -0.291 e. The molecule has 4 nitrogen and oxygen atoms in total. The molecule has 0 N–H and O–H groups in total. The monoisotopic (exact) mass is 330 g/mol. The smallest absolute Gasteiger partial charge is 0.251 e. The largest absolute Gasteiger partial charge is 0.291 e.